The van der Waals surface area contributed by atoms with E-state index in [9.17, 15) is 14.0 Å². The van der Waals surface area contributed by atoms with Crippen molar-refractivity contribution in [3.05, 3.63) is 72.2 Å². The second kappa shape index (κ2) is 12.4. The van der Waals surface area contributed by atoms with Crippen LogP contribution in [0.15, 0.2) is 60.8 Å². The normalized spacial score (nSPS) is 11.2. The molecule has 0 saturated carbocycles. The number of aromatic nitrogens is 1. The molecule has 0 radical (unpaired) electrons. The van der Waals surface area contributed by atoms with E-state index in [1.807, 2.05) is 37.3 Å². The van der Waals surface area contributed by atoms with Crippen molar-refractivity contribution in [1.82, 2.24) is 10.3 Å². The molecule has 0 aliphatic rings. The number of para-hydroxylation sites is 1. The predicted molar refractivity (Wildman–Crippen MR) is 121 cm³/mol. The zero-order valence-corrected chi connectivity index (χ0v) is 17.5. The number of pyridine rings is 1. The van der Waals surface area contributed by atoms with Crippen molar-refractivity contribution in [3.63, 3.8) is 0 Å². The van der Waals surface area contributed by atoms with Gasteiger partial charge in [-0.25, -0.2) is 4.39 Å². The molecule has 0 saturated heterocycles. The van der Waals surface area contributed by atoms with Gasteiger partial charge >= 0.3 is 0 Å². The Morgan fingerprint density at radius 3 is 2.52 bits per heavy atom. The number of hydrogen-bond donors (Lipinski definition) is 4. The van der Waals surface area contributed by atoms with Gasteiger partial charge in [-0.05, 0) is 50.6 Å². The second-order valence-corrected chi connectivity index (χ2v) is 7.02. The van der Waals surface area contributed by atoms with E-state index in [-0.39, 0.29) is 24.2 Å². The largest absolute Gasteiger partial charge is 0.346 e. The maximum atomic E-state index is 12.1. The third kappa shape index (κ3) is 8.49. The molecule has 3 rings (SSSR count). The minimum Gasteiger partial charge on any atom is -0.346 e. The van der Waals surface area contributed by atoms with Crippen LogP contribution in [0.3, 0.4) is 0 Å². The number of hydrogen-bond acceptors (Lipinski definition) is 5. The van der Waals surface area contributed by atoms with Crippen LogP contribution in [0.25, 0.3) is 10.9 Å². The Hall–Kier alpha value is -3.36. The molecule has 0 aliphatic heterocycles. The molecule has 164 valence electrons. The standard InChI is InChI=1S/C16H21N5O2.C7H7F/c17-7-3-5-13(18)16(23)20-10-15(22)21-12-8-11-4-1-2-6-14(11)19-9-12;1-6-2-4-7(8)5-3-6/h1-2,4,6,8-9,13H,3,5,7,10,17-18H2,(H,20,23)(H,21,22);2-5H,1H3/t13-;/m0./s1. The summed E-state index contributed by atoms with van der Waals surface area (Å²) in [6.07, 6.45) is 2.75. The Morgan fingerprint density at radius 2 is 1.84 bits per heavy atom. The number of aryl methyl sites for hydroxylation is 1. The highest BCUT2D eigenvalue weighted by atomic mass is 19.1. The summed E-state index contributed by atoms with van der Waals surface area (Å²) in [5, 5.41) is 6.13. The fraction of sp³-hybridized carbons (Fsp3) is 0.261. The van der Waals surface area contributed by atoms with Crippen LogP contribution in [-0.4, -0.2) is 35.9 Å². The van der Waals surface area contributed by atoms with Crippen molar-refractivity contribution in [2.75, 3.05) is 18.4 Å². The summed E-state index contributed by atoms with van der Waals surface area (Å²) in [6, 6.07) is 15.2. The van der Waals surface area contributed by atoms with Crippen molar-refractivity contribution < 1.29 is 14.0 Å². The number of fused-ring (bicyclic) bond motifs is 1. The first-order valence-electron chi connectivity index (χ1n) is 9.99. The Balaban J connectivity index is 0.000000357. The third-order valence-corrected chi connectivity index (χ3v) is 4.36. The van der Waals surface area contributed by atoms with E-state index in [2.05, 4.69) is 15.6 Å². The highest BCUT2D eigenvalue weighted by molar-refractivity contribution is 5.96. The fourth-order valence-corrected chi connectivity index (χ4v) is 2.65. The topological polar surface area (TPSA) is 123 Å². The molecule has 1 atom stereocenters. The van der Waals surface area contributed by atoms with Gasteiger partial charge in [0.2, 0.25) is 11.8 Å². The summed E-state index contributed by atoms with van der Waals surface area (Å²) >= 11 is 0. The summed E-state index contributed by atoms with van der Waals surface area (Å²) < 4.78 is 12.1. The molecule has 1 aromatic heterocycles. The van der Waals surface area contributed by atoms with Crippen molar-refractivity contribution in [2.24, 2.45) is 11.5 Å². The van der Waals surface area contributed by atoms with Gasteiger partial charge in [0, 0.05) is 5.39 Å². The molecule has 2 amide bonds. The molecule has 0 bridgehead atoms. The number of carbonyl (C=O) groups excluding carboxylic acids is 2. The van der Waals surface area contributed by atoms with Gasteiger partial charge in [0.05, 0.1) is 30.0 Å². The number of halogens is 1. The number of nitrogens with one attached hydrogen (secondary N) is 2. The number of rotatable bonds is 7. The van der Waals surface area contributed by atoms with E-state index in [0.29, 0.717) is 25.1 Å². The summed E-state index contributed by atoms with van der Waals surface area (Å²) in [7, 11) is 0. The van der Waals surface area contributed by atoms with Crippen LogP contribution >= 0.6 is 0 Å². The lowest BCUT2D eigenvalue weighted by Crippen LogP contribution is -2.43. The molecule has 0 unspecified atom stereocenters. The summed E-state index contributed by atoms with van der Waals surface area (Å²) in [5.41, 5.74) is 13.6. The Kier molecular flexibility index (Phi) is 9.54. The van der Waals surface area contributed by atoms with Gasteiger partial charge in [-0.1, -0.05) is 35.9 Å². The van der Waals surface area contributed by atoms with Gasteiger partial charge in [-0.15, -0.1) is 0 Å². The molecule has 2 aromatic carbocycles. The van der Waals surface area contributed by atoms with Gasteiger partial charge in [0.1, 0.15) is 5.82 Å². The minimum atomic E-state index is -0.645. The van der Waals surface area contributed by atoms with Crippen LogP contribution in [0.5, 0.6) is 0 Å². The number of benzene rings is 2. The smallest absolute Gasteiger partial charge is 0.243 e. The van der Waals surface area contributed by atoms with Crippen LogP contribution in [0, 0.1) is 12.7 Å². The molecule has 0 spiro atoms. The number of anilines is 1. The van der Waals surface area contributed by atoms with Crippen LogP contribution < -0.4 is 22.1 Å². The van der Waals surface area contributed by atoms with Crippen molar-refractivity contribution in [1.29, 1.82) is 0 Å². The van der Waals surface area contributed by atoms with E-state index in [1.165, 1.54) is 12.1 Å². The molecule has 3 aromatic rings. The van der Waals surface area contributed by atoms with Crippen LogP contribution in [0.1, 0.15) is 18.4 Å². The number of nitrogens with zero attached hydrogens (tertiary/aromatic N) is 1. The fourth-order valence-electron chi connectivity index (χ4n) is 2.65. The van der Waals surface area contributed by atoms with E-state index in [0.717, 1.165) is 16.5 Å². The summed E-state index contributed by atoms with van der Waals surface area (Å²) in [4.78, 5) is 27.8. The monoisotopic (exact) mass is 425 g/mol. The van der Waals surface area contributed by atoms with Crippen molar-refractivity contribution >= 4 is 28.4 Å². The molecule has 31 heavy (non-hydrogen) atoms. The summed E-state index contributed by atoms with van der Waals surface area (Å²) in [5.74, 6) is -0.859. The van der Waals surface area contributed by atoms with Gasteiger partial charge in [-0.2, -0.15) is 0 Å². The van der Waals surface area contributed by atoms with Crippen molar-refractivity contribution in [3.8, 4) is 0 Å². The molecular formula is C23H28FN5O2. The molecule has 0 aliphatic carbocycles. The third-order valence-electron chi connectivity index (χ3n) is 4.36. The summed E-state index contributed by atoms with van der Waals surface area (Å²) in [6.45, 7) is 2.28. The first-order valence-corrected chi connectivity index (χ1v) is 9.99. The molecule has 0 fully saturated rings. The number of amides is 2. The molecule has 1 heterocycles. The lowest BCUT2D eigenvalue weighted by atomic mass is 10.1. The van der Waals surface area contributed by atoms with Gasteiger partial charge in [-0.3, -0.25) is 14.6 Å². The van der Waals surface area contributed by atoms with Gasteiger partial charge in [0.25, 0.3) is 0 Å². The van der Waals surface area contributed by atoms with E-state index < -0.39 is 6.04 Å². The van der Waals surface area contributed by atoms with Crippen LogP contribution in [-0.2, 0) is 9.59 Å². The maximum absolute atomic E-state index is 12.1. The molecular weight excluding hydrogens is 397 g/mol. The zero-order chi connectivity index (χ0) is 22.6. The molecule has 7 nitrogen and oxygen atoms in total. The average molecular weight is 426 g/mol. The highest BCUT2D eigenvalue weighted by Gasteiger charge is 2.13. The Morgan fingerprint density at radius 1 is 1.13 bits per heavy atom. The maximum Gasteiger partial charge on any atom is 0.243 e. The first kappa shape index (κ1) is 23.9. The SMILES string of the molecule is Cc1ccc(F)cc1.NCCC[C@H](N)C(=O)NCC(=O)Nc1cnc2ccccc2c1. The van der Waals surface area contributed by atoms with Crippen LogP contribution in [0.2, 0.25) is 0 Å². The highest BCUT2D eigenvalue weighted by Crippen LogP contribution is 2.15. The van der Waals surface area contributed by atoms with E-state index >= 15 is 0 Å². The van der Waals surface area contributed by atoms with Crippen LogP contribution in [0.4, 0.5) is 10.1 Å². The Bertz CT molecular complexity index is 974. The number of carbonyl (C=O) groups is 2. The van der Waals surface area contributed by atoms with Gasteiger partial charge < -0.3 is 22.1 Å². The molecule has 8 heteroatoms. The minimum absolute atomic E-state index is 0.137. The quantitative estimate of drug-likeness (QED) is 0.463. The molecule has 6 N–H and O–H groups in total. The second-order valence-electron chi connectivity index (χ2n) is 7.02. The van der Waals surface area contributed by atoms with Gasteiger partial charge in [0.15, 0.2) is 0 Å². The van der Waals surface area contributed by atoms with Crippen molar-refractivity contribution in [2.45, 2.75) is 25.8 Å². The number of nitrogens with two attached hydrogens (primary N) is 2. The van der Waals surface area contributed by atoms with E-state index in [4.69, 9.17) is 11.5 Å². The Labute approximate surface area is 181 Å². The average Bonchev–Trinajstić information content (AvgIpc) is 2.78. The zero-order valence-electron chi connectivity index (χ0n) is 17.5. The first-order chi connectivity index (χ1) is 14.9. The predicted octanol–water partition coefficient (Wildman–Crippen LogP) is 2.49. The van der Waals surface area contributed by atoms with E-state index in [1.54, 1.807) is 18.3 Å². The lowest BCUT2D eigenvalue weighted by molar-refractivity contribution is -0.125. The lowest BCUT2D eigenvalue weighted by Gasteiger charge is -2.12.